The van der Waals surface area contributed by atoms with E-state index >= 15 is 0 Å². The molecule has 1 aromatic heterocycles. The fourth-order valence-corrected chi connectivity index (χ4v) is 3.34. The van der Waals surface area contributed by atoms with Crippen molar-refractivity contribution in [1.29, 1.82) is 0 Å². The van der Waals surface area contributed by atoms with Gasteiger partial charge in [-0.1, -0.05) is 0 Å². The van der Waals surface area contributed by atoms with E-state index in [0.29, 0.717) is 12.3 Å². The molecule has 2 aliphatic rings. The number of nitrogens with zero attached hydrogens (tertiary/aromatic N) is 3. The Morgan fingerprint density at radius 2 is 2.29 bits per heavy atom. The molecule has 3 heterocycles. The van der Waals surface area contributed by atoms with Gasteiger partial charge in [0, 0.05) is 37.7 Å². The Labute approximate surface area is 124 Å². The van der Waals surface area contributed by atoms with Crippen molar-refractivity contribution in [3.8, 4) is 0 Å². The number of carbonyl (C=O) groups is 2. The van der Waals surface area contributed by atoms with E-state index in [1.54, 1.807) is 4.90 Å². The maximum atomic E-state index is 12.4. The SMILES string of the molecule is Cc1cn[nH]c1C1CCCN(C(=O)CN2CCCC2=O)C1. The number of hydrogen-bond acceptors (Lipinski definition) is 3. The minimum atomic E-state index is 0.0760. The summed E-state index contributed by atoms with van der Waals surface area (Å²) in [5.74, 6) is 0.521. The zero-order valence-corrected chi connectivity index (χ0v) is 12.5. The molecule has 1 N–H and O–H groups in total. The van der Waals surface area contributed by atoms with Gasteiger partial charge in [0.15, 0.2) is 0 Å². The van der Waals surface area contributed by atoms with E-state index in [-0.39, 0.29) is 18.4 Å². The number of nitrogens with one attached hydrogen (secondary N) is 1. The van der Waals surface area contributed by atoms with Crippen LogP contribution in [0.2, 0.25) is 0 Å². The molecule has 2 saturated heterocycles. The highest BCUT2D eigenvalue weighted by atomic mass is 16.2. The van der Waals surface area contributed by atoms with Crippen LogP contribution in [0.5, 0.6) is 0 Å². The van der Waals surface area contributed by atoms with Gasteiger partial charge in [-0.3, -0.25) is 14.7 Å². The normalized spacial score (nSPS) is 22.9. The summed E-state index contributed by atoms with van der Waals surface area (Å²) in [4.78, 5) is 27.6. The number of amides is 2. The lowest BCUT2D eigenvalue weighted by molar-refractivity contribution is -0.139. The lowest BCUT2D eigenvalue weighted by atomic mass is 9.93. The van der Waals surface area contributed by atoms with E-state index in [1.165, 1.54) is 0 Å². The zero-order valence-electron chi connectivity index (χ0n) is 12.5. The number of likely N-dealkylation sites (tertiary alicyclic amines) is 2. The summed E-state index contributed by atoms with van der Waals surface area (Å²) in [6, 6.07) is 0. The maximum Gasteiger partial charge on any atom is 0.242 e. The van der Waals surface area contributed by atoms with Gasteiger partial charge in [0.05, 0.1) is 12.7 Å². The molecule has 1 unspecified atom stereocenters. The molecule has 0 aromatic carbocycles. The van der Waals surface area contributed by atoms with Crippen molar-refractivity contribution in [3.05, 3.63) is 17.5 Å². The minimum Gasteiger partial charge on any atom is -0.340 e. The van der Waals surface area contributed by atoms with E-state index in [9.17, 15) is 9.59 Å². The summed E-state index contributed by atoms with van der Waals surface area (Å²) < 4.78 is 0. The summed E-state index contributed by atoms with van der Waals surface area (Å²) in [7, 11) is 0. The molecular weight excluding hydrogens is 268 g/mol. The van der Waals surface area contributed by atoms with Gasteiger partial charge in [-0.2, -0.15) is 5.10 Å². The second-order valence-corrected chi connectivity index (χ2v) is 6.06. The highest BCUT2D eigenvalue weighted by molar-refractivity contribution is 5.86. The van der Waals surface area contributed by atoms with E-state index in [0.717, 1.165) is 50.2 Å². The van der Waals surface area contributed by atoms with Crippen LogP contribution in [-0.2, 0) is 9.59 Å². The molecule has 1 atom stereocenters. The molecular formula is C15H22N4O2. The van der Waals surface area contributed by atoms with Crippen LogP contribution in [-0.4, -0.2) is 58.0 Å². The summed E-state index contributed by atoms with van der Waals surface area (Å²) >= 11 is 0. The first kappa shape index (κ1) is 14.1. The lowest BCUT2D eigenvalue weighted by Crippen LogP contribution is -2.45. The van der Waals surface area contributed by atoms with Crippen LogP contribution in [0.1, 0.15) is 42.9 Å². The van der Waals surface area contributed by atoms with Crippen LogP contribution >= 0.6 is 0 Å². The van der Waals surface area contributed by atoms with Crippen LogP contribution in [0, 0.1) is 6.92 Å². The van der Waals surface area contributed by atoms with Crippen molar-refractivity contribution in [2.24, 2.45) is 0 Å². The second kappa shape index (κ2) is 5.87. The fraction of sp³-hybridized carbons (Fsp3) is 0.667. The van der Waals surface area contributed by atoms with Crippen LogP contribution in [0.15, 0.2) is 6.20 Å². The quantitative estimate of drug-likeness (QED) is 0.904. The minimum absolute atomic E-state index is 0.0760. The smallest absolute Gasteiger partial charge is 0.242 e. The molecule has 0 radical (unpaired) electrons. The van der Waals surface area contributed by atoms with Gasteiger partial charge >= 0.3 is 0 Å². The standard InChI is InChI=1S/C15H22N4O2/c1-11-8-16-17-15(11)12-4-2-6-18(9-12)14(21)10-19-7-3-5-13(19)20/h8,12H,2-7,9-10H2,1H3,(H,16,17). The number of hydrogen-bond donors (Lipinski definition) is 1. The second-order valence-electron chi connectivity index (χ2n) is 6.06. The van der Waals surface area contributed by atoms with E-state index < -0.39 is 0 Å². The Kier molecular flexibility index (Phi) is 3.94. The third-order valence-electron chi connectivity index (χ3n) is 4.55. The first-order valence-electron chi connectivity index (χ1n) is 7.70. The molecule has 0 spiro atoms. The number of carbonyl (C=O) groups excluding carboxylic acids is 2. The van der Waals surface area contributed by atoms with Crippen molar-refractivity contribution in [1.82, 2.24) is 20.0 Å². The average molecular weight is 290 g/mol. The molecule has 21 heavy (non-hydrogen) atoms. The Balaban J connectivity index is 1.61. The molecule has 2 amide bonds. The molecule has 2 aliphatic heterocycles. The Hall–Kier alpha value is -1.85. The number of piperidine rings is 1. The maximum absolute atomic E-state index is 12.4. The van der Waals surface area contributed by atoms with Gasteiger partial charge in [0.1, 0.15) is 0 Å². The van der Waals surface area contributed by atoms with E-state index in [1.807, 2.05) is 18.0 Å². The van der Waals surface area contributed by atoms with Crippen molar-refractivity contribution in [2.75, 3.05) is 26.2 Å². The number of H-pyrrole nitrogens is 1. The predicted octanol–water partition coefficient (Wildman–Crippen LogP) is 1.05. The summed E-state index contributed by atoms with van der Waals surface area (Å²) in [6.45, 7) is 4.53. The third-order valence-corrected chi connectivity index (χ3v) is 4.55. The van der Waals surface area contributed by atoms with Crippen molar-refractivity contribution in [2.45, 2.75) is 38.5 Å². The molecule has 6 nitrogen and oxygen atoms in total. The highest BCUT2D eigenvalue weighted by Crippen LogP contribution is 2.27. The molecule has 6 heteroatoms. The summed E-state index contributed by atoms with van der Waals surface area (Å²) in [5.41, 5.74) is 2.30. The molecule has 2 fully saturated rings. The number of rotatable bonds is 3. The fourth-order valence-electron chi connectivity index (χ4n) is 3.34. The number of aryl methyl sites for hydroxylation is 1. The summed E-state index contributed by atoms with van der Waals surface area (Å²) in [5, 5.41) is 7.14. The van der Waals surface area contributed by atoms with Gasteiger partial charge in [-0.15, -0.1) is 0 Å². The first-order chi connectivity index (χ1) is 10.1. The average Bonchev–Trinajstić information content (AvgIpc) is 3.08. The highest BCUT2D eigenvalue weighted by Gasteiger charge is 2.29. The van der Waals surface area contributed by atoms with Crippen LogP contribution in [0.25, 0.3) is 0 Å². The largest absolute Gasteiger partial charge is 0.340 e. The van der Waals surface area contributed by atoms with Crippen LogP contribution in [0.3, 0.4) is 0 Å². The molecule has 0 bridgehead atoms. The van der Waals surface area contributed by atoms with Crippen LogP contribution < -0.4 is 0 Å². The number of aromatic nitrogens is 2. The van der Waals surface area contributed by atoms with Crippen molar-refractivity contribution < 1.29 is 9.59 Å². The van der Waals surface area contributed by atoms with Crippen molar-refractivity contribution in [3.63, 3.8) is 0 Å². The van der Waals surface area contributed by atoms with Crippen LogP contribution in [0.4, 0.5) is 0 Å². The summed E-state index contributed by atoms with van der Waals surface area (Å²) in [6.07, 6.45) is 5.38. The van der Waals surface area contributed by atoms with E-state index in [2.05, 4.69) is 10.2 Å². The molecule has 0 saturated carbocycles. The predicted molar refractivity (Wildman–Crippen MR) is 77.7 cm³/mol. The zero-order chi connectivity index (χ0) is 14.8. The molecule has 114 valence electrons. The Bertz CT molecular complexity index is 540. The van der Waals surface area contributed by atoms with Gasteiger partial charge in [-0.05, 0) is 31.7 Å². The first-order valence-corrected chi connectivity index (χ1v) is 7.70. The topological polar surface area (TPSA) is 69.3 Å². The van der Waals surface area contributed by atoms with Gasteiger partial charge in [-0.25, -0.2) is 0 Å². The monoisotopic (exact) mass is 290 g/mol. The van der Waals surface area contributed by atoms with Gasteiger partial charge in [0.2, 0.25) is 11.8 Å². The van der Waals surface area contributed by atoms with Gasteiger partial charge in [0.25, 0.3) is 0 Å². The molecule has 0 aliphatic carbocycles. The molecule has 1 aromatic rings. The molecule has 3 rings (SSSR count). The van der Waals surface area contributed by atoms with Crippen molar-refractivity contribution >= 4 is 11.8 Å². The Morgan fingerprint density at radius 3 is 2.95 bits per heavy atom. The number of aromatic amines is 1. The lowest BCUT2D eigenvalue weighted by Gasteiger charge is -2.33. The third kappa shape index (κ3) is 2.94. The van der Waals surface area contributed by atoms with E-state index in [4.69, 9.17) is 0 Å². The van der Waals surface area contributed by atoms with Gasteiger partial charge < -0.3 is 9.80 Å². The Morgan fingerprint density at radius 1 is 1.43 bits per heavy atom.